The van der Waals surface area contributed by atoms with Crippen LogP contribution in [0, 0.1) is 0 Å². The molecule has 2 amide bonds. The van der Waals surface area contributed by atoms with E-state index in [2.05, 4.69) is 34.9 Å². The molecule has 7 nitrogen and oxygen atoms in total. The van der Waals surface area contributed by atoms with Crippen molar-refractivity contribution in [3.63, 3.8) is 0 Å². The van der Waals surface area contributed by atoms with Crippen LogP contribution >= 0.6 is 0 Å². The summed E-state index contributed by atoms with van der Waals surface area (Å²) < 4.78 is 5.53. The number of hydrogen-bond donors (Lipinski definition) is 3. The second-order valence-electron chi connectivity index (χ2n) is 7.74. The van der Waals surface area contributed by atoms with Crippen molar-refractivity contribution >= 4 is 18.0 Å². The molecular formula is C26H24N2O5. The van der Waals surface area contributed by atoms with Crippen molar-refractivity contribution in [2.75, 3.05) is 19.7 Å². The second kappa shape index (κ2) is 9.99. The molecule has 0 heterocycles. The maximum absolute atomic E-state index is 12.3. The van der Waals surface area contributed by atoms with Crippen molar-refractivity contribution < 1.29 is 24.2 Å². The number of amides is 2. The highest BCUT2D eigenvalue weighted by Gasteiger charge is 2.28. The van der Waals surface area contributed by atoms with Crippen molar-refractivity contribution in [3.8, 4) is 11.1 Å². The smallest absolute Gasteiger partial charge is 0.407 e. The summed E-state index contributed by atoms with van der Waals surface area (Å²) in [5, 5.41) is 13.8. The molecule has 7 heteroatoms. The third-order valence-electron chi connectivity index (χ3n) is 5.67. The lowest BCUT2D eigenvalue weighted by molar-refractivity contribution is -0.135. The highest BCUT2D eigenvalue weighted by molar-refractivity contribution is 5.97. The number of aliphatic carboxylic acids is 1. The van der Waals surface area contributed by atoms with Crippen LogP contribution in [-0.4, -0.2) is 42.8 Å². The van der Waals surface area contributed by atoms with E-state index < -0.39 is 24.5 Å². The highest BCUT2D eigenvalue weighted by Crippen LogP contribution is 2.44. The third-order valence-corrected chi connectivity index (χ3v) is 5.67. The van der Waals surface area contributed by atoms with Gasteiger partial charge in [-0.25, -0.2) is 4.79 Å². The number of alkyl carbamates (subject to hydrolysis) is 1. The molecule has 0 aromatic heterocycles. The summed E-state index contributed by atoms with van der Waals surface area (Å²) in [6, 6.07) is 23.2. The molecule has 0 atom stereocenters. The van der Waals surface area contributed by atoms with E-state index in [4.69, 9.17) is 9.84 Å². The largest absolute Gasteiger partial charge is 0.480 e. The number of hydrogen-bond acceptors (Lipinski definition) is 4. The molecule has 1 aliphatic carbocycles. The van der Waals surface area contributed by atoms with Gasteiger partial charge in [-0.05, 0) is 40.3 Å². The van der Waals surface area contributed by atoms with Crippen LogP contribution in [0.25, 0.3) is 11.1 Å². The van der Waals surface area contributed by atoms with Crippen LogP contribution in [0.3, 0.4) is 0 Å². The van der Waals surface area contributed by atoms with Crippen molar-refractivity contribution in [2.45, 2.75) is 12.3 Å². The van der Waals surface area contributed by atoms with E-state index in [1.807, 2.05) is 24.3 Å². The molecule has 3 aromatic rings. The lowest BCUT2D eigenvalue weighted by Crippen LogP contribution is -2.31. The van der Waals surface area contributed by atoms with E-state index in [0.717, 1.165) is 11.1 Å². The van der Waals surface area contributed by atoms with Crippen LogP contribution in [0.5, 0.6) is 0 Å². The van der Waals surface area contributed by atoms with Crippen molar-refractivity contribution in [3.05, 3.63) is 95.1 Å². The molecule has 4 rings (SSSR count). The molecule has 0 fully saturated rings. The Hall–Kier alpha value is -4.13. The first-order valence-corrected chi connectivity index (χ1v) is 10.7. The van der Waals surface area contributed by atoms with Gasteiger partial charge in [-0.2, -0.15) is 0 Å². The molecule has 168 valence electrons. The summed E-state index contributed by atoms with van der Waals surface area (Å²) >= 11 is 0. The normalized spacial score (nSPS) is 11.9. The maximum Gasteiger partial charge on any atom is 0.407 e. The molecule has 3 N–H and O–H groups in total. The van der Waals surface area contributed by atoms with E-state index in [0.29, 0.717) is 17.5 Å². The van der Waals surface area contributed by atoms with Crippen molar-refractivity contribution in [1.29, 1.82) is 0 Å². The first-order chi connectivity index (χ1) is 16.0. The molecule has 1 aliphatic rings. The summed E-state index contributed by atoms with van der Waals surface area (Å²) in [4.78, 5) is 35.2. The van der Waals surface area contributed by atoms with Gasteiger partial charge in [-0.15, -0.1) is 0 Å². The number of carbonyl (C=O) groups is 3. The van der Waals surface area contributed by atoms with E-state index in [1.54, 1.807) is 24.3 Å². The summed E-state index contributed by atoms with van der Waals surface area (Å²) in [6.45, 7) is 0.0547. The second-order valence-corrected chi connectivity index (χ2v) is 7.74. The van der Waals surface area contributed by atoms with Crippen molar-refractivity contribution in [1.82, 2.24) is 10.6 Å². The predicted molar refractivity (Wildman–Crippen MR) is 123 cm³/mol. The number of carboxylic acid groups (broad SMARTS) is 1. The molecule has 0 radical (unpaired) electrons. The first kappa shape index (κ1) is 22.1. The minimum atomic E-state index is -1.11. The van der Waals surface area contributed by atoms with E-state index >= 15 is 0 Å². The number of fused-ring (bicyclic) bond motifs is 3. The Balaban J connectivity index is 1.32. The number of benzene rings is 3. The summed E-state index contributed by atoms with van der Waals surface area (Å²) in [5.74, 6) is -1.59. The number of nitrogens with one attached hydrogen (secondary N) is 2. The average molecular weight is 444 g/mol. The monoisotopic (exact) mass is 444 g/mol. The Morgan fingerprint density at radius 1 is 0.818 bits per heavy atom. The molecule has 0 aliphatic heterocycles. The lowest BCUT2D eigenvalue weighted by atomic mass is 9.98. The van der Waals surface area contributed by atoms with Crippen LogP contribution in [0.15, 0.2) is 72.8 Å². The quantitative estimate of drug-likeness (QED) is 0.493. The molecule has 0 spiro atoms. The van der Waals surface area contributed by atoms with Gasteiger partial charge in [-0.3, -0.25) is 9.59 Å². The zero-order valence-electron chi connectivity index (χ0n) is 17.9. The molecule has 0 bridgehead atoms. The zero-order chi connectivity index (χ0) is 23.2. The minimum Gasteiger partial charge on any atom is -0.480 e. The fourth-order valence-corrected chi connectivity index (χ4v) is 4.16. The number of ether oxygens (including phenoxy) is 1. The fourth-order valence-electron chi connectivity index (χ4n) is 4.16. The van der Waals surface area contributed by atoms with Gasteiger partial charge in [0.15, 0.2) is 0 Å². The zero-order valence-corrected chi connectivity index (χ0v) is 17.9. The number of carboxylic acids is 1. The van der Waals surface area contributed by atoms with Gasteiger partial charge in [0.1, 0.15) is 13.2 Å². The molecule has 33 heavy (non-hydrogen) atoms. The van der Waals surface area contributed by atoms with Gasteiger partial charge >= 0.3 is 12.1 Å². The SMILES string of the molecule is O=C(O)CNC(=O)c1ccccc1CCNC(=O)OCC1c2ccccc2-c2ccccc21. The van der Waals surface area contributed by atoms with Gasteiger partial charge in [0, 0.05) is 18.0 Å². The van der Waals surface area contributed by atoms with Crippen LogP contribution in [0.2, 0.25) is 0 Å². The minimum absolute atomic E-state index is 0.0122. The third kappa shape index (κ3) is 5.03. The Bertz CT molecular complexity index is 1150. The summed E-state index contributed by atoms with van der Waals surface area (Å²) in [7, 11) is 0. The van der Waals surface area contributed by atoms with Gasteiger partial charge < -0.3 is 20.5 Å². The molecule has 3 aromatic carbocycles. The van der Waals surface area contributed by atoms with Crippen LogP contribution in [0.1, 0.15) is 33.0 Å². The van der Waals surface area contributed by atoms with E-state index in [9.17, 15) is 14.4 Å². The topological polar surface area (TPSA) is 105 Å². The van der Waals surface area contributed by atoms with Crippen LogP contribution in [-0.2, 0) is 16.0 Å². The number of carbonyl (C=O) groups excluding carboxylic acids is 2. The van der Waals surface area contributed by atoms with Crippen molar-refractivity contribution in [2.24, 2.45) is 0 Å². The molecule has 0 saturated carbocycles. The Morgan fingerprint density at radius 2 is 1.42 bits per heavy atom. The number of rotatable bonds is 8. The maximum atomic E-state index is 12.3. The molecule has 0 unspecified atom stereocenters. The van der Waals surface area contributed by atoms with Crippen LogP contribution < -0.4 is 10.6 Å². The first-order valence-electron chi connectivity index (χ1n) is 10.7. The van der Waals surface area contributed by atoms with Gasteiger partial charge in [0.05, 0.1) is 0 Å². The van der Waals surface area contributed by atoms with E-state index in [1.165, 1.54) is 11.1 Å². The van der Waals surface area contributed by atoms with E-state index in [-0.39, 0.29) is 19.1 Å². The lowest BCUT2D eigenvalue weighted by Gasteiger charge is -2.15. The predicted octanol–water partition coefficient (Wildman–Crippen LogP) is 3.58. The molecule has 0 saturated heterocycles. The standard InChI is InChI=1S/C26H24N2O5/c29-24(30)15-28-25(31)18-8-2-1-7-17(18)13-14-27-26(32)33-16-23-21-11-5-3-9-19(21)20-10-4-6-12-22(20)23/h1-12,23H,13-16H2,(H,27,32)(H,28,31)(H,29,30). The highest BCUT2D eigenvalue weighted by atomic mass is 16.5. The Kier molecular flexibility index (Phi) is 6.69. The summed E-state index contributed by atoms with van der Waals surface area (Å²) in [5.41, 5.74) is 5.72. The fraction of sp³-hybridized carbons (Fsp3) is 0.192. The van der Waals surface area contributed by atoms with Gasteiger partial charge in [-0.1, -0.05) is 66.7 Å². The van der Waals surface area contributed by atoms with Crippen LogP contribution in [0.4, 0.5) is 4.79 Å². The molecular weight excluding hydrogens is 420 g/mol. The van der Waals surface area contributed by atoms with Gasteiger partial charge in [0.25, 0.3) is 5.91 Å². The average Bonchev–Trinajstić information content (AvgIpc) is 3.15. The summed E-state index contributed by atoms with van der Waals surface area (Å²) in [6.07, 6.45) is -0.120. The Labute approximate surface area is 191 Å². The Morgan fingerprint density at radius 3 is 2.09 bits per heavy atom. The van der Waals surface area contributed by atoms with Gasteiger partial charge in [0.2, 0.25) is 0 Å².